The van der Waals surface area contributed by atoms with E-state index in [9.17, 15) is 18.6 Å². The van der Waals surface area contributed by atoms with E-state index in [-0.39, 0.29) is 15.5 Å². The number of thiophene rings is 1. The monoisotopic (exact) mass is 281 g/mol. The van der Waals surface area contributed by atoms with Gasteiger partial charge in [-0.2, -0.15) is 18.8 Å². The molecule has 1 aliphatic rings. The second-order valence-corrected chi connectivity index (χ2v) is 6.11. The van der Waals surface area contributed by atoms with E-state index in [1.807, 2.05) is 0 Å². The molecule has 1 aromatic heterocycles. The molecule has 0 bridgehead atoms. The summed E-state index contributed by atoms with van der Waals surface area (Å²) in [5, 5.41) is 22.7. The van der Waals surface area contributed by atoms with Gasteiger partial charge in [0.05, 0.1) is 5.71 Å². The molecular formula is C11H7NO4S2-2. The molecule has 5 nitrogen and oxygen atoms in total. The summed E-state index contributed by atoms with van der Waals surface area (Å²) in [5.41, 5.74) is 0.149. The SMILES string of the molecule is O=S(=O)(N=C1C=CC(=C([O-])[O-])C=C1)c1cccs1. The van der Waals surface area contributed by atoms with Crippen molar-refractivity contribution in [2.45, 2.75) is 4.21 Å². The lowest BCUT2D eigenvalue weighted by Crippen LogP contribution is -2.20. The normalized spacial score (nSPS) is 14.9. The fourth-order valence-corrected chi connectivity index (χ4v) is 3.21. The van der Waals surface area contributed by atoms with Crippen LogP contribution in [0.2, 0.25) is 0 Å². The summed E-state index contributed by atoms with van der Waals surface area (Å²) >= 11 is 1.07. The third-order valence-corrected chi connectivity index (χ3v) is 4.76. The molecule has 0 amide bonds. The first-order valence-electron chi connectivity index (χ1n) is 4.82. The van der Waals surface area contributed by atoms with Crippen molar-refractivity contribution in [3.63, 3.8) is 0 Å². The molecular weight excluding hydrogens is 274 g/mol. The Hall–Kier alpha value is -1.86. The number of rotatable bonds is 2. The highest BCUT2D eigenvalue weighted by Gasteiger charge is 2.14. The highest BCUT2D eigenvalue weighted by Crippen LogP contribution is 2.19. The lowest BCUT2D eigenvalue weighted by atomic mass is 10.1. The van der Waals surface area contributed by atoms with E-state index in [0.29, 0.717) is 0 Å². The predicted octanol–water partition coefficient (Wildman–Crippen LogP) is -0.0640. The summed E-state index contributed by atoms with van der Waals surface area (Å²) in [6, 6.07) is 3.07. The van der Waals surface area contributed by atoms with Gasteiger partial charge in [-0.1, -0.05) is 18.2 Å². The fourth-order valence-electron chi connectivity index (χ4n) is 1.25. The molecule has 0 aliphatic heterocycles. The summed E-state index contributed by atoms with van der Waals surface area (Å²) in [7, 11) is -3.72. The minimum absolute atomic E-state index is 0.0255. The van der Waals surface area contributed by atoms with Crippen LogP contribution in [0.15, 0.2) is 61.9 Å². The van der Waals surface area contributed by atoms with Crippen LogP contribution in [-0.2, 0) is 10.0 Å². The second-order valence-electron chi connectivity index (χ2n) is 3.33. The van der Waals surface area contributed by atoms with Gasteiger partial charge in [0.2, 0.25) is 0 Å². The van der Waals surface area contributed by atoms with Crippen LogP contribution in [0, 0.1) is 0 Å². The van der Waals surface area contributed by atoms with Gasteiger partial charge in [0.25, 0.3) is 10.0 Å². The van der Waals surface area contributed by atoms with Gasteiger partial charge in [-0.25, -0.2) is 0 Å². The maximum absolute atomic E-state index is 11.8. The third-order valence-electron chi connectivity index (χ3n) is 2.08. The van der Waals surface area contributed by atoms with Crippen molar-refractivity contribution in [3.8, 4) is 0 Å². The van der Waals surface area contributed by atoms with Gasteiger partial charge < -0.3 is 10.2 Å². The standard InChI is InChI=1S/C11H9NO4S2/c13-11(14)8-3-5-9(6-4-8)12-18(15,16)10-2-1-7-17-10/h1-7,13-14H/p-2. The van der Waals surface area contributed by atoms with Crippen LogP contribution in [0.5, 0.6) is 0 Å². The summed E-state index contributed by atoms with van der Waals surface area (Å²) in [6.45, 7) is 0. The molecule has 1 heterocycles. The Morgan fingerprint density at radius 3 is 2.33 bits per heavy atom. The van der Waals surface area contributed by atoms with Crippen LogP contribution in [0.3, 0.4) is 0 Å². The van der Waals surface area contributed by atoms with E-state index in [2.05, 4.69) is 4.40 Å². The van der Waals surface area contributed by atoms with E-state index in [4.69, 9.17) is 0 Å². The molecule has 94 valence electrons. The van der Waals surface area contributed by atoms with Crippen LogP contribution in [0.25, 0.3) is 0 Å². The van der Waals surface area contributed by atoms with Crippen LogP contribution in [0.4, 0.5) is 0 Å². The Labute approximate surface area is 108 Å². The molecule has 0 atom stereocenters. The summed E-state index contributed by atoms with van der Waals surface area (Å²) in [5.74, 6) is -1.32. The van der Waals surface area contributed by atoms with Gasteiger partial charge in [-0.15, -0.1) is 11.3 Å². The van der Waals surface area contributed by atoms with Crippen LogP contribution >= 0.6 is 11.3 Å². The summed E-state index contributed by atoms with van der Waals surface area (Å²) in [6.07, 6.45) is 5.13. The fraction of sp³-hybridized carbons (Fsp3) is 0. The summed E-state index contributed by atoms with van der Waals surface area (Å²) in [4.78, 5) is 0. The molecule has 0 radical (unpaired) electrons. The largest absolute Gasteiger partial charge is 0.884 e. The van der Waals surface area contributed by atoms with Gasteiger partial charge in [0, 0.05) is 0 Å². The van der Waals surface area contributed by atoms with E-state index in [0.717, 1.165) is 11.3 Å². The molecule has 1 aliphatic carbocycles. The quantitative estimate of drug-likeness (QED) is 0.710. The van der Waals surface area contributed by atoms with Crippen molar-refractivity contribution >= 4 is 27.1 Å². The average Bonchev–Trinajstić information content (AvgIpc) is 2.83. The highest BCUT2D eigenvalue weighted by atomic mass is 32.2. The van der Waals surface area contributed by atoms with Crippen molar-refractivity contribution in [3.05, 3.63) is 53.3 Å². The third kappa shape index (κ3) is 2.69. The molecule has 7 heteroatoms. The number of allylic oxidation sites excluding steroid dienone is 5. The smallest absolute Gasteiger partial charge is 0.292 e. The molecule has 0 unspecified atom stereocenters. The first kappa shape index (κ1) is 12.6. The first-order chi connectivity index (χ1) is 8.49. The lowest BCUT2D eigenvalue weighted by Gasteiger charge is -2.21. The molecule has 0 saturated carbocycles. The zero-order valence-corrected chi connectivity index (χ0v) is 10.6. The van der Waals surface area contributed by atoms with Gasteiger partial charge in [-0.05, 0) is 29.2 Å². The zero-order chi connectivity index (χ0) is 13.2. The lowest BCUT2D eigenvalue weighted by molar-refractivity contribution is -0.514. The Balaban J connectivity index is 2.31. The molecule has 1 aromatic rings. The Bertz CT molecular complexity index is 642. The molecule has 0 spiro atoms. The second kappa shape index (κ2) is 4.79. The van der Waals surface area contributed by atoms with Crippen LogP contribution in [-0.4, -0.2) is 14.1 Å². The maximum Gasteiger partial charge on any atom is 0.292 e. The average molecular weight is 281 g/mol. The molecule has 0 aromatic carbocycles. The number of hydrogen-bond acceptors (Lipinski definition) is 5. The predicted molar refractivity (Wildman–Crippen MR) is 64.2 cm³/mol. The summed E-state index contributed by atoms with van der Waals surface area (Å²) < 4.78 is 27.3. The Morgan fingerprint density at radius 2 is 1.83 bits per heavy atom. The van der Waals surface area contributed by atoms with Gasteiger partial charge in [0.1, 0.15) is 4.21 Å². The zero-order valence-electron chi connectivity index (χ0n) is 8.94. The molecule has 0 N–H and O–H groups in total. The highest BCUT2D eigenvalue weighted by molar-refractivity contribution is 7.92. The van der Waals surface area contributed by atoms with Crippen molar-refractivity contribution in [2.24, 2.45) is 4.40 Å². The van der Waals surface area contributed by atoms with Crippen LogP contribution < -0.4 is 10.2 Å². The van der Waals surface area contributed by atoms with Crippen LogP contribution in [0.1, 0.15) is 0 Å². The minimum atomic E-state index is -3.72. The number of nitrogens with zero attached hydrogens (tertiary/aromatic N) is 1. The number of sulfonamides is 1. The van der Waals surface area contributed by atoms with E-state index in [1.165, 1.54) is 30.4 Å². The van der Waals surface area contributed by atoms with Crippen molar-refractivity contribution < 1.29 is 18.6 Å². The van der Waals surface area contributed by atoms with Crippen molar-refractivity contribution in [2.75, 3.05) is 0 Å². The van der Waals surface area contributed by atoms with Crippen molar-refractivity contribution in [1.82, 2.24) is 0 Å². The molecule has 2 rings (SSSR count). The van der Waals surface area contributed by atoms with Crippen molar-refractivity contribution in [1.29, 1.82) is 0 Å². The van der Waals surface area contributed by atoms with E-state index >= 15 is 0 Å². The minimum Gasteiger partial charge on any atom is -0.884 e. The Morgan fingerprint density at radius 1 is 1.17 bits per heavy atom. The number of hydrogen-bond donors (Lipinski definition) is 0. The topological polar surface area (TPSA) is 92.6 Å². The van der Waals surface area contributed by atoms with Gasteiger partial charge in [-0.3, -0.25) is 0 Å². The maximum atomic E-state index is 11.8. The first-order valence-corrected chi connectivity index (χ1v) is 7.14. The van der Waals surface area contributed by atoms with E-state index in [1.54, 1.807) is 11.4 Å². The molecule has 18 heavy (non-hydrogen) atoms. The van der Waals surface area contributed by atoms with Gasteiger partial charge in [0.15, 0.2) is 0 Å². The Kier molecular flexibility index (Phi) is 3.35. The molecule has 0 fully saturated rings. The van der Waals surface area contributed by atoms with E-state index < -0.39 is 16.0 Å². The van der Waals surface area contributed by atoms with Gasteiger partial charge >= 0.3 is 0 Å². The molecule has 0 saturated heterocycles.